The average Bonchev–Trinajstić information content (AvgIpc) is 2.32. The van der Waals surface area contributed by atoms with Crippen LogP contribution in [-0.4, -0.2) is 24.2 Å². The molecule has 1 aliphatic heterocycles. The summed E-state index contributed by atoms with van der Waals surface area (Å²) in [4.78, 5) is 6.85. The predicted molar refractivity (Wildman–Crippen MR) is 75.0 cm³/mol. The number of hydrogen-bond acceptors (Lipinski definition) is 4. The summed E-state index contributed by atoms with van der Waals surface area (Å²) in [5, 5.41) is 0. The van der Waals surface area contributed by atoms with Crippen molar-refractivity contribution in [1.29, 1.82) is 0 Å². The van der Waals surface area contributed by atoms with E-state index in [1.54, 1.807) is 0 Å². The first-order valence-electron chi connectivity index (χ1n) is 6.74. The van der Waals surface area contributed by atoms with Gasteiger partial charge >= 0.3 is 0 Å². The number of anilines is 2. The summed E-state index contributed by atoms with van der Waals surface area (Å²) in [6, 6.07) is 3.87. The number of aromatic nitrogens is 1. The van der Waals surface area contributed by atoms with Crippen molar-refractivity contribution in [1.82, 2.24) is 4.98 Å². The molecule has 100 valence electrons. The zero-order valence-electron chi connectivity index (χ0n) is 11.5. The molecule has 1 aromatic heterocycles. The van der Waals surface area contributed by atoms with E-state index in [1.165, 1.54) is 12.8 Å². The van der Waals surface area contributed by atoms with Gasteiger partial charge in [0.1, 0.15) is 5.82 Å². The van der Waals surface area contributed by atoms with Crippen molar-refractivity contribution in [2.45, 2.75) is 39.7 Å². The average molecular weight is 249 g/mol. The maximum atomic E-state index is 5.88. The summed E-state index contributed by atoms with van der Waals surface area (Å²) in [6.07, 6.45) is 2.55. The maximum Gasteiger partial charge on any atom is 0.239 e. The Labute approximate surface area is 109 Å². The normalized spacial score (nSPS) is 17.2. The van der Waals surface area contributed by atoms with E-state index in [1.807, 2.05) is 26.0 Å². The zero-order chi connectivity index (χ0) is 13.1. The number of nitrogens with zero attached hydrogens (tertiary/aromatic N) is 2. The largest absolute Gasteiger partial charge is 0.473 e. The van der Waals surface area contributed by atoms with Gasteiger partial charge in [0.15, 0.2) is 0 Å². The van der Waals surface area contributed by atoms with Crippen LogP contribution >= 0.6 is 0 Å². The minimum atomic E-state index is 0.0939. The van der Waals surface area contributed by atoms with Crippen molar-refractivity contribution in [2.75, 3.05) is 23.7 Å². The van der Waals surface area contributed by atoms with Crippen molar-refractivity contribution in [3.63, 3.8) is 0 Å². The molecule has 18 heavy (non-hydrogen) atoms. The summed E-state index contributed by atoms with van der Waals surface area (Å²) >= 11 is 0. The Morgan fingerprint density at radius 2 is 2.00 bits per heavy atom. The van der Waals surface area contributed by atoms with Crippen LogP contribution in [-0.2, 0) is 0 Å². The number of pyridine rings is 1. The van der Waals surface area contributed by atoms with Gasteiger partial charge in [-0.05, 0) is 44.7 Å². The quantitative estimate of drug-likeness (QED) is 0.895. The molecule has 1 aliphatic rings. The molecule has 2 N–H and O–H groups in total. The van der Waals surface area contributed by atoms with Crippen molar-refractivity contribution in [3.8, 4) is 5.88 Å². The predicted octanol–water partition coefficient (Wildman–Crippen LogP) is 2.69. The monoisotopic (exact) mass is 249 g/mol. The van der Waals surface area contributed by atoms with E-state index in [2.05, 4.69) is 16.8 Å². The molecule has 0 aliphatic carbocycles. The first kappa shape index (κ1) is 13.0. The summed E-state index contributed by atoms with van der Waals surface area (Å²) < 4.78 is 5.63. The van der Waals surface area contributed by atoms with Gasteiger partial charge in [0.25, 0.3) is 0 Å². The molecule has 0 saturated carbocycles. The van der Waals surface area contributed by atoms with E-state index in [0.717, 1.165) is 24.8 Å². The van der Waals surface area contributed by atoms with Crippen molar-refractivity contribution in [2.24, 2.45) is 5.92 Å². The fourth-order valence-corrected chi connectivity index (χ4v) is 2.17. The molecule has 0 amide bonds. The Morgan fingerprint density at radius 1 is 1.33 bits per heavy atom. The van der Waals surface area contributed by atoms with Gasteiger partial charge in [-0.1, -0.05) is 6.92 Å². The van der Waals surface area contributed by atoms with Crippen LogP contribution in [0.5, 0.6) is 5.88 Å². The van der Waals surface area contributed by atoms with Crippen molar-refractivity contribution >= 4 is 11.5 Å². The van der Waals surface area contributed by atoms with Gasteiger partial charge < -0.3 is 15.4 Å². The Balaban J connectivity index is 2.13. The molecule has 1 aromatic rings. The molecule has 0 atom stereocenters. The lowest BCUT2D eigenvalue weighted by molar-refractivity contribution is 0.234. The zero-order valence-corrected chi connectivity index (χ0v) is 11.5. The molecule has 4 nitrogen and oxygen atoms in total. The minimum absolute atomic E-state index is 0.0939. The van der Waals surface area contributed by atoms with Crippen molar-refractivity contribution < 1.29 is 4.74 Å². The molecule has 0 radical (unpaired) electrons. The molecule has 1 saturated heterocycles. The maximum absolute atomic E-state index is 5.88. The molecule has 4 heteroatoms. The molecular weight excluding hydrogens is 226 g/mol. The number of nitrogens with two attached hydrogens (primary N) is 1. The Morgan fingerprint density at radius 3 is 2.61 bits per heavy atom. The van der Waals surface area contributed by atoms with E-state index in [9.17, 15) is 0 Å². The molecule has 2 heterocycles. The van der Waals surface area contributed by atoms with Crippen LogP contribution in [0, 0.1) is 5.92 Å². The van der Waals surface area contributed by atoms with Crippen LogP contribution in [0.25, 0.3) is 0 Å². The van der Waals surface area contributed by atoms with E-state index < -0.39 is 0 Å². The second kappa shape index (κ2) is 5.46. The highest BCUT2D eigenvalue weighted by Crippen LogP contribution is 2.27. The van der Waals surface area contributed by atoms with Gasteiger partial charge in [-0.15, -0.1) is 0 Å². The molecule has 0 aromatic carbocycles. The molecular formula is C14H23N3O. The highest BCUT2D eigenvalue weighted by atomic mass is 16.5. The molecule has 1 fully saturated rings. The molecule has 0 spiro atoms. The van der Waals surface area contributed by atoms with E-state index in [0.29, 0.717) is 11.6 Å². The molecule has 2 rings (SSSR count). The summed E-state index contributed by atoms with van der Waals surface area (Å²) in [7, 11) is 0. The Kier molecular flexibility index (Phi) is 3.94. The fourth-order valence-electron chi connectivity index (χ4n) is 2.17. The third-order valence-corrected chi connectivity index (χ3v) is 3.33. The van der Waals surface area contributed by atoms with Gasteiger partial charge in [0.2, 0.25) is 5.88 Å². The number of piperidine rings is 1. The van der Waals surface area contributed by atoms with Gasteiger partial charge in [-0.2, -0.15) is 4.98 Å². The smallest absolute Gasteiger partial charge is 0.239 e. The lowest BCUT2D eigenvalue weighted by Crippen LogP contribution is -2.33. The van der Waals surface area contributed by atoms with Gasteiger partial charge in [0.05, 0.1) is 11.8 Å². The number of nitrogen functional groups attached to an aromatic ring is 1. The van der Waals surface area contributed by atoms with Crippen LogP contribution in [0.15, 0.2) is 12.1 Å². The topological polar surface area (TPSA) is 51.4 Å². The highest BCUT2D eigenvalue weighted by molar-refractivity contribution is 5.54. The number of rotatable bonds is 3. The van der Waals surface area contributed by atoms with Crippen LogP contribution in [0.4, 0.5) is 11.5 Å². The number of hydrogen-bond donors (Lipinski definition) is 1. The summed E-state index contributed by atoms with van der Waals surface area (Å²) in [5.74, 6) is 2.36. The second-order valence-corrected chi connectivity index (χ2v) is 5.40. The number of ether oxygens (including phenoxy) is 1. The van der Waals surface area contributed by atoms with E-state index >= 15 is 0 Å². The SMILES string of the molecule is CC1CCN(c2ccc(N)c(OC(C)C)n2)CC1. The van der Waals surface area contributed by atoms with Gasteiger partial charge in [-0.3, -0.25) is 0 Å². The summed E-state index contributed by atoms with van der Waals surface area (Å²) in [6.45, 7) is 8.41. The third-order valence-electron chi connectivity index (χ3n) is 3.33. The summed E-state index contributed by atoms with van der Waals surface area (Å²) in [5.41, 5.74) is 6.49. The van der Waals surface area contributed by atoms with Crippen LogP contribution in [0.2, 0.25) is 0 Å². The Hall–Kier alpha value is -1.45. The minimum Gasteiger partial charge on any atom is -0.473 e. The Bertz CT molecular complexity index is 398. The van der Waals surface area contributed by atoms with Gasteiger partial charge in [0, 0.05) is 13.1 Å². The van der Waals surface area contributed by atoms with E-state index in [4.69, 9.17) is 10.5 Å². The van der Waals surface area contributed by atoms with E-state index in [-0.39, 0.29) is 6.10 Å². The van der Waals surface area contributed by atoms with Crippen LogP contribution < -0.4 is 15.4 Å². The lowest BCUT2D eigenvalue weighted by Gasteiger charge is -2.31. The standard InChI is InChI=1S/C14H23N3O/c1-10(2)18-14-12(15)4-5-13(16-14)17-8-6-11(3)7-9-17/h4-5,10-11H,6-9,15H2,1-3H3. The fraction of sp³-hybridized carbons (Fsp3) is 0.643. The lowest BCUT2D eigenvalue weighted by atomic mass is 9.99. The molecule has 0 bridgehead atoms. The van der Waals surface area contributed by atoms with Gasteiger partial charge in [-0.25, -0.2) is 0 Å². The first-order chi connectivity index (χ1) is 8.56. The first-order valence-corrected chi connectivity index (χ1v) is 6.74. The van der Waals surface area contributed by atoms with Crippen LogP contribution in [0.1, 0.15) is 33.6 Å². The van der Waals surface area contributed by atoms with Crippen molar-refractivity contribution in [3.05, 3.63) is 12.1 Å². The third kappa shape index (κ3) is 3.06. The highest BCUT2D eigenvalue weighted by Gasteiger charge is 2.18. The molecule has 0 unspecified atom stereocenters. The van der Waals surface area contributed by atoms with Crippen LogP contribution in [0.3, 0.4) is 0 Å². The second-order valence-electron chi connectivity index (χ2n) is 5.40.